The predicted molar refractivity (Wildman–Crippen MR) is 123 cm³/mol. The minimum Gasteiger partial charge on any atom is -0.483 e. The molecule has 0 aromatic heterocycles. The van der Waals surface area contributed by atoms with Crippen LogP contribution < -0.4 is 9.64 Å². The van der Waals surface area contributed by atoms with E-state index in [1.54, 1.807) is 0 Å². The summed E-state index contributed by atoms with van der Waals surface area (Å²) in [7, 11) is 0. The molecule has 4 nitrogen and oxygen atoms in total. The minimum absolute atomic E-state index is 0.0657. The molecule has 1 aliphatic heterocycles. The Morgan fingerprint density at radius 2 is 1.48 bits per heavy atom. The first kappa shape index (κ1) is 21.1. The Labute approximate surface area is 185 Å². The lowest BCUT2D eigenvalue weighted by molar-refractivity contribution is -0.929. The van der Waals surface area contributed by atoms with E-state index in [0.717, 1.165) is 43.1 Å². The van der Waals surface area contributed by atoms with Crippen LogP contribution in [0.15, 0.2) is 78.9 Å². The van der Waals surface area contributed by atoms with Gasteiger partial charge in [-0.25, -0.2) is 0 Å². The van der Waals surface area contributed by atoms with E-state index in [9.17, 15) is 4.79 Å². The average molecular weight is 416 g/mol. The standard InChI is InChI=1S/C27H30N2O2/c1-21-13-14-22(2)25(19-21)31-20-26(30)28-15-17-29(18-16-28)27(23-9-5-3-6-10-23)24-11-7-4-8-12-24/h3-14,19,27H,15-18,20H2,1-2H3/p+1. The number of ether oxygens (including phenoxy) is 1. The maximum Gasteiger partial charge on any atom is 0.260 e. The summed E-state index contributed by atoms with van der Waals surface area (Å²) in [5, 5.41) is 0. The van der Waals surface area contributed by atoms with Crippen molar-refractivity contribution in [3.63, 3.8) is 0 Å². The van der Waals surface area contributed by atoms with Crippen LogP contribution in [0, 0.1) is 13.8 Å². The van der Waals surface area contributed by atoms with E-state index in [-0.39, 0.29) is 18.6 Å². The Morgan fingerprint density at radius 1 is 0.903 bits per heavy atom. The molecule has 160 valence electrons. The van der Waals surface area contributed by atoms with E-state index < -0.39 is 0 Å². The molecular formula is C27H31N2O2+. The van der Waals surface area contributed by atoms with Gasteiger partial charge in [0.05, 0.1) is 26.2 Å². The number of carbonyl (C=O) groups excluding carboxylic acids is 1. The molecule has 1 amide bonds. The van der Waals surface area contributed by atoms with Gasteiger partial charge in [0.15, 0.2) is 6.61 Å². The Kier molecular flexibility index (Phi) is 6.68. The molecule has 1 saturated heterocycles. The number of benzene rings is 3. The summed E-state index contributed by atoms with van der Waals surface area (Å²) in [5.41, 5.74) is 4.84. The lowest BCUT2D eigenvalue weighted by Gasteiger charge is -2.37. The second-order valence-corrected chi connectivity index (χ2v) is 8.35. The van der Waals surface area contributed by atoms with Crippen molar-refractivity contribution >= 4 is 5.91 Å². The highest BCUT2D eigenvalue weighted by Gasteiger charge is 2.31. The Bertz CT molecular complexity index is 957. The van der Waals surface area contributed by atoms with E-state index in [1.165, 1.54) is 16.0 Å². The largest absolute Gasteiger partial charge is 0.483 e. The van der Waals surface area contributed by atoms with E-state index in [2.05, 4.69) is 66.7 Å². The topological polar surface area (TPSA) is 34.0 Å². The number of carbonyl (C=O) groups is 1. The number of amides is 1. The van der Waals surface area contributed by atoms with Crippen LogP contribution in [-0.4, -0.2) is 43.6 Å². The monoisotopic (exact) mass is 415 g/mol. The lowest BCUT2D eigenvalue weighted by atomic mass is 9.96. The molecule has 0 aliphatic carbocycles. The van der Waals surface area contributed by atoms with Crippen LogP contribution in [0.2, 0.25) is 0 Å². The summed E-state index contributed by atoms with van der Waals surface area (Å²) in [6.07, 6.45) is 0. The van der Waals surface area contributed by atoms with Gasteiger partial charge in [0.25, 0.3) is 5.91 Å². The molecule has 31 heavy (non-hydrogen) atoms. The van der Waals surface area contributed by atoms with Gasteiger partial charge in [0.2, 0.25) is 0 Å². The zero-order valence-electron chi connectivity index (χ0n) is 18.4. The highest BCUT2D eigenvalue weighted by Crippen LogP contribution is 2.20. The summed E-state index contributed by atoms with van der Waals surface area (Å²) in [6.45, 7) is 7.48. The number of hydrogen-bond acceptors (Lipinski definition) is 2. The van der Waals surface area contributed by atoms with Gasteiger partial charge in [-0.05, 0) is 31.0 Å². The molecule has 4 heteroatoms. The van der Waals surface area contributed by atoms with Crippen LogP contribution in [0.25, 0.3) is 0 Å². The number of rotatable bonds is 6. The third-order valence-corrected chi connectivity index (χ3v) is 6.13. The number of hydrogen-bond donors (Lipinski definition) is 1. The van der Waals surface area contributed by atoms with Crippen LogP contribution in [-0.2, 0) is 4.79 Å². The molecule has 1 aliphatic rings. The number of piperazine rings is 1. The van der Waals surface area contributed by atoms with Gasteiger partial charge in [-0.2, -0.15) is 0 Å². The van der Waals surface area contributed by atoms with Crippen molar-refractivity contribution in [2.24, 2.45) is 0 Å². The van der Waals surface area contributed by atoms with Gasteiger partial charge in [-0.3, -0.25) is 4.79 Å². The van der Waals surface area contributed by atoms with E-state index in [4.69, 9.17) is 4.74 Å². The Morgan fingerprint density at radius 3 is 2.06 bits per heavy atom. The van der Waals surface area contributed by atoms with Crippen LogP contribution >= 0.6 is 0 Å². The van der Waals surface area contributed by atoms with E-state index in [0.29, 0.717) is 0 Å². The summed E-state index contributed by atoms with van der Waals surface area (Å²) >= 11 is 0. The van der Waals surface area contributed by atoms with Crippen molar-refractivity contribution in [1.82, 2.24) is 4.90 Å². The molecule has 1 N–H and O–H groups in total. The first-order valence-electron chi connectivity index (χ1n) is 11.0. The van der Waals surface area contributed by atoms with E-state index >= 15 is 0 Å². The third-order valence-electron chi connectivity index (χ3n) is 6.13. The molecule has 0 saturated carbocycles. The van der Waals surface area contributed by atoms with Crippen molar-refractivity contribution in [3.8, 4) is 5.75 Å². The van der Waals surface area contributed by atoms with Crippen LogP contribution in [0.4, 0.5) is 0 Å². The maximum absolute atomic E-state index is 12.8. The molecular weight excluding hydrogens is 384 g/mol. The molecule has 3 aromatic carbocycles. The molecule has 1 heterocycles. The molecule has 0 radical (unpaired) electrons. The van der Waals surface area contributed by atoms with Crippen molar-refractivity contribution in [3.05, 3.63) is 101 Å². The fraction of sp³-hybridized carbons (Fsp3) is 0.296. The highest BCUT2D eigenvalue weighted by molar-refractivity contribution is 5.77. The van der Waals surface area contributed by atoms with Crippen molar-refractivity contribution in [2.75, 3.05) is 32.8 Å². The molecule has 0 unspecified atom stereocenters. The second kappa shape index (κ2) is 9.80. The highest BCUT2D eigenvalue weighted by atomic mass is 16.5. The molecule has 1 fully saturated rings. The van der Waals surface area contributed by atoms with Gasteiger partial charge in [-0.15, -0.1) is 0 Å². The summed E-state index contributed by atoms with van der Waals surface area (Å²) in [4.78, 5) is 16.2. The molecule has 0 spiro atoms. The zero-order chi connectivity index (χ0) is 21.6. The summed E-state index contributed by atoms with van der Waals surface area (Å²) in [5.74, 6) is 0.863. The van der Waals surface area contributed by atoms with Crippen LogP contribution in [0.3, 0.4) is 0 Å². The second-order valence-electron chi connectivity index (χ2n) is 8.35. The van der Waals surface area contributed by atoms with E-state index in [1.807, 2.05) is 30.9 Å². The smallest absolute Gasteiger partial charge is 0.260 e. The Hall–Kier alpha value is -3.11. The summed E-state index contributed by atoms with van der Waals surface area (Å²) < 4.78 is 5.85. The SMILES string of the molecule is Cc1ccc(C)c(OCC(=O)N2CC[NH+](C(c3ccccc3)c3ccccc3)CC2)c1. The van der Waals surface area contributed by atoms with Gasteiger partial charge >= 0.3 is 0 Å². The average Bonchev–Trinajstić information content (AvgIpc) is 2.81. The number of nitrogens with one attached hydrogen (secondary N) is 1. The number of nitrogens with zero attached hydrogens (tertiary/aromatic N) is 1. The zero-order valence-corrected chi connectivity index (χ0v) is 18.4. The maximum atomic E-state index is 12.8. The first-order chi connectivity index (χ1) is 15.1. The molecule has 0 atom stereocenters. The summed E-state index contributed by atoms with van der Waals surface area (Å²) in [6, 6.07) is 27.8. The predicted octanol–water partition coefficient (Wildman–Crippen LogP) is 3.20. The van der Waals surface area contributed by atoms with Gasteiger partial charge in [0.1, 0.15) is 11.8 Å². The lowest BCUT2D eigenvalue weighted by Crippen LogP contribution is -3.15. The Balaban J connectivity index is 1.39. The van der Waals surface area contributed by atoms with Crippen molar-refractivity contribution in [1.29, 1.82) is 0 Å². The fourth-order valence-corrected chi connectivity index (χ4v) is 4.38. The molecule has 3 aromatic rings. The number of quaternary nitrogens is 1. The first-order valence-corrected chi connectivity index (χ1v) is 11.0. The number of aryl methyl sites for hydroxylation is 2. The minimum atomic E-state index is 0.0657. The normalized spacial score (nSPS) is 14.6. The molecule has 0 bridgehead atoms. The van der Waals surface area contributed by atoms with Gasteiger partial charge < -0.3 is 14.5 Å². The van der Waals surface area contributed by atoms with Crippen LogP contribution in [0.5, 0.6) is 5.75 Å². The molecule has 4 rings (SSSR count). The fourth-order valence-electron chi connectivity index (χ4n) is 4.38. The third kappa shape index (κ3) is 5.15. The quantitative estimate of drug-likeness (QED) is 0.671. The van der Waals surface area contributed by atoms with Crippen molar-refractivity contribution < 1.29 is 14.4 Å². The van der Waals surface area contributed by atoms with Gasteiger partial charge in [-0.1, -0.05) is 72.8 Å². The van der Waals surface area contributed by atoms with Gasteiger partial charge in [0, 0.05) is 11.1 Å². The van der Waals surface area contributed by atoms with Crippen molar-refractivity contribution in [2.45, 2.75) is 19.9 Å². The van der Waals surface area contributed by atoms with Crippen LogP contribution in [0.1, 0.15) is 28.3 Å².